The van der Waals surface area contributed by atoms with Gasteiger partial charge >= 0.3 is 0 Å². The molecule has 2 unspecified atom stereocenters. The third-order valence-corrected chi connectivity index (χ3v) is 4.28. The molecule has 0 spiro atoms. The molecule has 0 aromatic heterocycles. The van der Waals surface area contributed by atoms with E-state index in [-0.39, 0.29) is 5.91 Å². The summed E-state index contributed by atoms with van der Waals surface area (Å²) in [5.74, 6) is 1.71. The van der Waals surface area contributed by atoms with E-state index in [0.717, 1.165) is 24.0 Å². The number of carbonyl (C=O) groups excluding carboxylic acids is 1. The molecule has 0 bridgehead atoms. The van der Waals surface area contributed by atoms with Crippen molar-refractivity contribution in [1.82, 2.24) is 15.5 Å². The molecule has 0 saturated heterocycles. The van der Waals surface area contributed by atoms with Gasteiger partial charge in [-0.2, -0.15) is 0 Å². The third-order valence-electron chi connectivity index (χ3n) is 4.28. The summed E-state index contributed by atoms with van der Waals surface area (Å²) in [6, 6.07) is 8.25. The van der Waals surface area contributed by atoms with E-state index in [1.165, 1.54) is 19.3 Å². The van der Waals surface area contributed by atoms with E-state index in [1.54, 1.807) is 19.0 Å². The Bertz CT molecular complexity index is 565. The first-order valence-corrected chi connectivity index (χ1v) is 8.90. The van der Waals surface area contributed by atoms with Gasteiger partial charge in [0.15, 0.2) is 5.96 Å². The number of nitrogens with zero attached hydrogens (tertiary/aromatic N) is 2. The molecule has 1 aromatic carbocycles. The zero-order valence-corrected chi connectivity index (χ0v) is 15.3. The van der Waals surface area contributed by atoms with Gasteiger partial charge in [-0.3, -0.25) is 4.79 Å². The number of benzene rings is 1. The SMILES string of the molecule is CCCC1CC1NC(=NCc1ccc(C(=O)N(C)C)cc1)NCC. The Hall–Kier alpha value is -2.04. The fourth-order valence-electron chi connectivity index (χ4n) is 2.79. The molecule has 1 aromatic rings. The van der Waals surface area contributed by atoms with Gasteiger partial charge in [-0.15, -0.1) is 0 Å². The lowest BCUT2D eigenvalue weighted by Gasteiger charge is -2.12. The zero-order valence-electron chi connectivity index (χ0n) is 15.3. The van der Waals surface area contributed by atoms with Crippen LogP contribution in [0, 0.1) is 5.92 Å². The van der Waals surface area contributed by atoms with Crippen molar-refractivity contribution >= 4 is 11.9 Å². The van der Waals surface area contributed by atoms with Gasteiger partial charge < -0.3 is 15.5 Å². The highest BCUT2D eigenvalue weighted by molar-refractivity contribution is 5.93. The molecule has 0 aliphatic heterocycles. The van der Waals surface area contributed by atoms with Gasteiger partial charge in [0.1, 0.15) is 0 Å². The normalized spacial score (nSPS) is 19.8. The lowest BCUT2D eigenvalue weighted by molar-refractivity contribution is 0.0827. The number of aliphatic imine (C=N–C) groups is 1. The van der Waals surface area contributed by atoms with Crippen molar-refractivity contribution in [3.63, 3.8) is 0 Å². The molecule has 1 amide bonds. The first kappa shape index (κ1) is 18.3. The maximum atomic E-state index is 11.9. The third kappa shape index (κ3) is 5.25. The average molecular weight is 330 g/mol. The lowest BCUT2D eigenvalue weighted by Crippen LogP contribution is -2.39. The molecule has 0 radical (unpaired) electrons. The molecule has 2 N–H and O–H groups in total. The highest BCUT2D eigenvalue weighted by Gasteiger charge is 2.36. The van der Waals surface area contributed by atoms with E-state index in [0.29, 0.717) is 18.2 Å². The summed E-state index contributed by atoms with van der Waals surface area (Å²) in [7, 11) is 3.52. The van der Waals surface area contributed by atoms with Gasteiger partial charge in [0.05, 0.1) is 6.54 Å². The number of hydrogen-bond acceptors (Lipinski definition) is 2. The van der Waals surface area contributed by atoms with Crippen LogP contribution in [0.5, 0.6) is 0 Å². The topological polar surface area (TPSA) is 56.7 Å². The maximum absolute atomic E-state index is 11.9. The number of guanidine groups is 1. The van der Waals surface area contributed by atoms with Crippen molar-refractivity contribution in [3.8, 4) is 0 Å². The van der Waals surface area contributed by atoms with Gasteiger partial charge in [-0.1, -0.05) is 25.5 Å². The highest BCUT2D eigenvalue weighted by Crippen LogP contribution is 2.34. The molecule has 1 saturated carbocycles. The molecule has 24 heavy (non-hydrogen) atoms. The summed E-state index contributed by atoms with van der Waals surface area (Å²) >= 11 is 0. The van der Waals surface area contributed by atoms with Crippen molar-refractivity contribution in [2.75, 3.05) is 20.6 Å². The molecule has 1 aliphatic rings. The number of hydrogen-bond donors (Lipinski definition) is 2. The van der Waals surface area contributed by atoms with E-state index in [4.69, 9.17) is 0 Å². The van der Waals surface area contributed by atoms with Crippen LogP contribution < -0.4 is 10.6 Å². The van der Waals surface area contributed by atoms with Crippen molar-refractivity contribution in [2.45, 2.75) is 45.7 Å². The summed E-state index contributed by atoms with van der Waals surface area (Å²) in [4.78, 5) is 18.2. The predicted molar refractivity (Wildman–Crippen MR) is 99.2 cm³/mol. The summed E-state index contributed by atoms with van der Waals surface area (Å²) < 4.78 is 0. The van der Waals surface area contributed by atoms with E-state index < -0.39 is 0 Å². The molecular weight excluding hydrogens is 300 g/mol. The molecular formula is C19H30N4O. The first-order valence-electron chi connectivity index (χ1n) is 8.90. The number of carbonyl (C=O) groups is 1. The maximum Gasteiger partial charge on any atom is 0.253 e. The molecule has 2 rings (SSSR count). The monoisotopic (exact) mass is 330 g/mol. The van der Waals surface area contributed by atoms with Gasteiger partial charge in [0, 0.05) is 32.2 Å². The van der Waals surface area contributed by atoms with Gasteiger partial charge in [0.2, 0.25) is 0 Å². The van der Waals surface area contributed by atoms with Crippen molar-refractivity contribution in [3.05, 3.63) is 35.4 Å². The Morgan fingerprint density at radius 3 is 2.54 bits per heavy atom. The zero-order chi connectivity index (χ0) is 17.5. The second kappa shape index (κ2) is 8.71. The second-order valence-electron chi connectivity index (χ2n) is 6.63. The van der Waals surface area contributed by atoms with Crippen LogP contribution in [0.3, 0.4) is 0 Å². The Morgan fingerprint density at radius 2 is 1.96 bits per heavy atom. The fourth-order valence-corrected chi connectivity index (χ4v) is 2.79. The average Bonchev–Trinajstić information content (AvgIpc) is 3.30. The van der Waals surface area contributed by atoms with Crippen LogP contribution in [0.15, 0.2) is 29.3 Å². The van der Waals surface area contributed by atoms with Crippen LogP contribution in [0.4, 0.5) is 0 Å². The van der Waals surface area contributed by atoms with E-state index in [1.807, 2.05) is 24.3 Å². The number of nitrogens with one attached hydrogen (secondary N) is 2. The molecule has 5 heteroatoms. The summed E-state index contributed by atoms with van der Waals surface area (Å²) in [6.45, 7) is 5.78. The lowest BCUT2D eigenvalue weighted by atomic mass is 10.1. The number of amides is 1. The van der Waals surface area contributed by atoms with Crippen LogP contribution in [0.2, 0.25) is 0 Å². The Morgan fingerprint density at radius 1 is 1.25 bits per heavy atom. The minimum absolute atomic E-state index is 0.0238. The summed E-state index contributed by atoms with van der Waals surface area (Å²) in [6.07, 6.45) is 3.78. The van der Waals surface area contributed by atoms with Crippen molar-refractivity contribution < 1.29 is 4.79 Å². The van der Waals surface area contributed by atoms with E-state index >= 15 is 0 Å². The standard InChI is InChI=1S/C19H30N4O/c1-5-7-16-12-17(16)22-19(20-6-2)21-13-14-8-10-15(11-9-14)18(24)23(3)4/h8-11,16-17H,5-7,12-13H2,1-4H3,(H2,20,21,22). The van der Waals surface area contributed by atoms with E-state index in [2.05, 4.69) is 29.5 Å². The smallest absolute Gasteiger partial charge is 0.253 e. The van der Waals surface area contributed by atoms with Crippen molar-refractivity contribution in [1.29, 1.82) is 0 Å². The molecule has 5 nitrogen and oxygen atoms in total. The summed E-state index contributed by atoms with van der Waals surface area (Å²) in [5.41, 5.74) is 1.81. The van der Waals surface area contributed by atoms with Gasteiger partial charge in [-0.25, -0.2) is 4.99 Å². The molecule has 1 aliphatic carbocycles. The Balaban J connectivity index is 1.92. The second-order valence-corrected chi connectivity index (χ2v) is 6.63. The largest absolute Gasteiger partial charge is 0.357 e. The Kier molecular flexibility index (Phi) is 6.64. The molecule has 132 valence electrons. The minimum Gasteiger partial charge on any atom is -0.357 e. The van der Waals surface area contributed by atoms with Crippen LogP contribution >= 0.6 is 0 Å². The van der Waals surface area contributed by atoms with Crippen LogP contribution in [0.25, 0.3) is 0 Å². The van der Waals surface area contributed by atoms with E-state index in [9.17, 15) is 4.79 Å². The predicted octanol–water partition coefficient (Wildman–Crippen LogP) is 2.63. The fraction of sp³-hybridized carbons (Fsp3) is 0.579. The summed E-state index contributed by atoms with van der Waals surface area (Å²) in [5, 5.41) is 6.83. The van der Waals surface area contributed by atoms with Gasteiger partial charge in [0.25, 0.3) is 5.91 Å². The molecule has 2 atom stereocenters. The van der Waals surface area contributed by atoms with Crippen LogP contribution in [-0.4, -0.2) is 43.4 Å². The van der Waals surface area contributed by atoms with Crippen LogP contribution in [-0.2, 0) is 6.54 Å². The number of rotatable bonds is 7. The minimum atomic E-state index is 0.0238. The quantitative estimate of drug-likeness (QED) is 0.597. The highest BCUT2D eigenvalue weighted by atomic mass is 16.2. The van der Waals surface area contributed by atoms with Crippen LogP contribution in [0.1, 0.15) is 49.0 Å². The van der Waals surface area contributed by atoms with Crippen molar-refractivity contribution in [2.24, 2.45) is 10.9 Å². The molecule has 1 fully saturated rings. The Labute approximate surface area is 145 Å². The van der Waals surface area contributed by atoms with Gasteiger partial charge in [-0.05, 0) is 43.4 Å². The molecule has 0 heterocycles. The first-order chi connectivity index (χ1) is 11.5.